The number of amides is 1. The third kappa shape index (κ3) is 11.5. The standard InChI is InChI=1S/C58H55N3O2/c1-41-16-24-48(25-17-41)52-35-53(49-26-18-42(2)19-27-49)37-56(36-52)60-55-30-28-54(29-31-55)59-38-43-20-22-44(23-21-43)39-61(57(62)63-58(3,4)5)40-45-32-50(46-12-8-6-9-13-46)34-51(33-45)47-14-10-7-11-15-47/h6-37,59-60H,38-40H2,1-5H3. The van der Waals surface area contributed by atoms with Crippen LogP contribution in [0.3, 0.4) is 0 Å². The number of rotatable bonds is 13. The van der Waals surface area contributed by atoms with Gasteiger partial charge >= 0.3 is 6.09 Å². The van der Waals surface area contributed by atoms with Gasteiger partial charge in [-0.1, -0.05) is 145 Å². The normalized spacial score (nSPS) is 11.2. The number of carbonyl (C=O) groups is 1. The Hall–Kier alpha value is -7.37. The first-order chi connectivity index (χ1) is 30.5. The predicted molar refractivity (Wildman–Crippen MR) is 263 cm³/mol. The quantitative estimate of drug-likeness (QED) is 0.122. The molecule has 5 nitrogen and oxygen atoms in total. The Balaban J connectivity index is 0.947. The van der Waals surface area contributed by atoms with Crippen molar-refractivity contribution < 1.29 is 9.53 Å². The zero-order chi connectivity index (χ0) is 43.8. The predicted octanol–water partition coefficient (Wildman–Crippen LogP) is 15.3. The van der Waals surface area contributed by atoms with Crippen LogP contribution in [0.5, 0.6) is 0 Å². The molecule has 0 spiro atoms. The van der Waals surface area contributed by atoms with E-state index in [1.807, 2.05) is 32.9 Å². The molecule has 2 N–H and O–H groups in total. The molecule has 0 unspecified atom stereocenters. The van der Waals surface area contributed by atoms with Crippen LogP contribution in [0, 0.1) is 13.8 Å². The smallest absolute Gasteiger partial charge is 0.410 e. The summed E-state index contributed by atoms with van der Waals surface area (Å²) in [7, 11) is 0. The van der Waals surface area contributed by atoms with Gasteiger partial charge in [0, 0.05) is 36.7 Å². The van der Waals surface area contributed by atoms with Gasteiger partial charge in [0.05, 0.1) is 0 Å². The van der Waals surface area contributed by atoms with Crippen molar-refractivity contribution in [1.82, 2.24) is 4.90 Å². The molecule has 1 amide bonds. The Kier molecular flexibility index (Phi) is 12.9. The first-order valence-corrected chi connectivity index (χ1v) is 21.7. The fourth-order valence-electron chi connectivity index (χ4n) is 7.66. The molecule has 314 valence electrons. The highest BCUT2D eigenvalue weighted by atomic mass is 16.6. The summed E-state index contributed by atoms with van der Waals surface area (Å²) < 4.78 is 5.95. The molecular formula is C58H55N3O2. The maximum atomic E-state index is 13.8. The summed E-state index contributed by atoms with van der Waals surface area (Å²) in [5.41, 5.74) is 17.3. The van der Waals surface area contributed by atoms with E-state index in [4.69, 9.17) is 4.74 Å². The molecule has 0 saturated carbocycles. The fourth-order valence-corrected chi connectivity index (χ4v) is 7.66. The van der Waals surface area contributed by atoms with Crippen molar-refractivity contribution in [3.8, 4) is 44.5 Å². The molecule has 0 radical (unpaired) electrons. The van der Waals surface area contributed by atoms with E-state index >= 15 is 0 Å². The second-order valence-electron chi connectivity index (χ2n) is 17.4. The van der Waals surface area contributed by atoms with Crippen LogP contribution < -0.4 is 10.6 Å². The number of benzene rings is 8. The van der Waals surface area contributed by atoms with Crippen molar-refractivity contribution in [2.24, 2.45) is 0 Å². The van der Waals surface area contributed by atoms with Crippen molar-refractivity contribution in [3.63, 3.8) is 0 Å². The Bertz CT molecular complexity index is 2640. The zero-order valence-electron chi connectivity index (χ0n) is 36.9. The Morgan fingerprint density at radius 1 is 0.444 bits per heavy atom. The molecule has 0 saturated heterocycles. The SMILES string of the molecule is Cc1ccc(-c2cc(Nc3ccc(NCc4ccc(CN(Cc5cc(-c6ccccc6)cc(-c6ccccc6)c5)C(=O)OC(C)(C)C)cc4)cc3)cc(-c3ccc(C)cc3)c2)cc1. The van der Waals surface area contributed by atoms with Crippen molar-refractivity contribution in [2.45, 2.75) is 59.9 Å². The minimum absolute atomic E-state index is 0.344. The second kappa shape index (κ2) is 19.1. The van der Waals surface area contributed by atoms with E-state index in [9.17, 15) is 4.79 Å². The molecule has 63 heavy (non-hydrogen) atoms. The minimum Gasteiger partial charge on any atom is -0.444 e. The van der Waals surface area contributed by atoms with Gasteiger partial charge in [0.1, 0.15) is 5.60 Å². The summed E-state index contributed by atoms with van der Waals surface area (Å²) >= 11 is 0. The van der Waals surface area contributed by atoms with Crippen LogP contribution in [0.15, 0.2) is 194 Å². The summed E-state index contributed by atoms with van der Waals surface area (Å²) in [6.07, 6.45) is -0.344. The van der Waals surface area contributed by atoms with E-state index in [2.05, 4.69) is 206 Å². The van der Waals surface area contributed by atoms with Crippen molar-refractivity contribution >= 4 is 23.2 Å². The number of hydrogen-bond donors (Lipinski definition) is 2. The fraction of sp³-hybridized carbons (Fsp3) is 0.155. The monoisotopic (exact) mass is 825 g/mol. The van der Waals surface area contributed by atoms with Gasteiger partial charge < -0.3 is 15.4 Å². The highest BCUT2D eigenvalue weighted by molar-refractivity contribution is 5.80. The van der Waals surface area contributed by atoms with Crippen LogP contribution in [0.25, 0.3) is 44.5 Å². The lowest BCUT2D eigenvalue weighted by Gasteiger charge is -2.28. The van der Waals surface area contributed by atoms with Crippen LogP contribution in [0.4, 0.5) is 21.9 Å². The maximum Gasteiger partial charge on any atom is 0.410 e. The van der Waals surface area contributed by atoms with Crippen molar-refractivity contribution in [2.75, 3.05) is 10.6 Å². The lowest BCUT2D eigenvalue weighted by molar-refractivity contribution is 0.0216. The van der Waals surface area contributed by atoms with Gasteiger partial charge in [-0.2, -0.15) is 0 Å². The van der Waals surface area contributed by atoms with E-state index in [0.717, 1.165) is 56.0 Å². The number of nitrogens with one attached hydrogen (secondary N) is 2. The van der Waals surface area contributed by atoms with Gasteiger partial charge in [-0.3, -0.25) is 4.90 Å². The molecule has 8 aromatic rings. The number of nitrogens with zero attached hydrogens (tertiary/aromatic N) is 1. The average Bonchev–Trinajstić information content (AvgIpc) is 3.29. The van der Waals surface area contributed by atoms with Crippen molar-refractivity contribution in [1.29, 1.82) is 0 Å². The molecular weight excluding hydrogens is 771 g/mol. The molecule has 5 heteroatoms. The van der Waals surface area contributed by atoms with E-state index in [0.29, 0.717) is 19.6 Å². The molecule has 0 aliphatic carbocycles. The van der Waals surface area contributed by atoms with E-state index in [1.165, 1.54) is 33.4 Å². The third-order valence-electron chi connectivity index (χ3n) is 11.0. The van der Waals surface area contributed by atoms with Crippen LogP contribution >= 0.6 is 0 Å². The van der Waals surface area contributed by atoms with Gasteiger partial charge in [0.2, 0.25) is 0 Å². The van der Waals surface area contributed by atoms with Crippen LogP contribution in [-0.2, 0) is 24.4 Å². The van der Waals surface area contributed by atoms with Crippen molar-refractivity contribution in [3.05, 3.63) is 222 Å². The van der Waals surface area contributed by atoms with Gasteiger partial charge in [0.15, 0.2) is 0 Å². The first kappa shape index (κ1) is 42.3. The van der Waals surface area contributed by atoms with E-state index < -0.39 is 5.60 Å². The Labute approximate surface area is 373 Å². The number of anilines is 3. The molecule has 8 rings (SSSR count). The van der Waals surface area contributed by atoms with Gasteiger partial charge in [-0.25, -0.2) is 4.79 Å². The highest BCUT2D eigenvalue weighted by Gasteiger charge is 2.23. The third-order valence-corrected chi connectivity index (χ3v) is 11.0. The lowest BCUT2D eigenvalue weighted by Crippen LogP contribution is -2.36. The molecule has 0 atom stereocenters. The van der Waals surface area contributed by atoms with Gasteiger partial charge in [-0.15, -0.1) is 0 Å². The first-order valence-electron chi connectivity index (χ1n) is 21.7. The van der Waals surface area contributed by atoms with Gasteiger partial charge in [0.25, 0.3) is 0 Å². The van der Waals surface area contributed by atoms with Crippen LogP contribution in [0.2, 0.25) is 0 Å². The zero-order valence-corrected chi connectivity index (χ0v) is 36.9. The molecule has 0 bridgehead atoms. The second-order valence-corrected chi connectivity index (χ2v) is 17.4. The highest BCUT2D eigenvalue weighted by Crippen LogP contribution is 2.33. The molecule has 0 fully saturated rings. The molecule has 0 aliphatic heterocycles. The molecule has 0 aliphatic rings. The minimum atomic E-state index is -0.627. The Morgan fingerprint density at radius 2 is 0.873 bits per heavy atom. The summed E-state index contributed by atoms with van der Waals surface area (Å²) in [5, 5.41) is 7.25. The topological polar surface area (TPSA) is 53.6 Å². The maximum absolute atomic E-state index is 13.8. The number of ether oxygens (including phenoxy) is 1. The summed E-state index contributed by atoms with van der Waals surface area (Å²) in [4.78, 5) is 15.6. The Morgan fingerprint density at radius 3 is 1.37 bits per heavy atom. The number of aryl methyl sites for hydroxylation is 2. The number of hydrogen-bond acceptors (Lipinski definition) is 4. The summed E-state index contributed by atoms with van der Waals surface area (Å²) in [5.74, 6) is 0. The van der Waals surface area contributed by atoms with Gasteiger partial charge in [-0.05, 0) is 156 Å². The molecule has 8 aromatic carbocycles. The average molecular weight is 826 g/mol. The number of carbonyl (C=O) groups excluding carboxylic acids is 1. The molecule has 0 heterocycles. The lowest BCUT2D eigenvalue weighted by atomic mass is 9.96. The van der Waals surface area contributed by atoms with E-state index in [1.54, 1.807) is 4.90 Å². The van der Waals surface area contributed by atoms with Crippen LogP contribution in [-0.4, -0.2) is 16.6 Å². The largest absolute Gasteiger partial charge is 0.444 e. The summed E-state index contributed by atoms with van der Waals surface area (Å²) in [6, 6.07) is 68.4. The summed E-state index contributed by atoms with van der Waals surface area (Å²) in [6.45, 7) is 11.4. The van der Waals surface area contributed by atoms with E-state index in [-0.39, 0.29) is 6.09 Å². The molecule has 0 aromatic heterocycles. The van der Waals surface area contributed by atoms with Crippen LogP contribution in [0.1, 0.15) is 48.6 Å².